The van der Waals surface area contributed by atoms with Crippen LogP contribution in [0.3, 0.4) is 0 Å². The zero-order valence-electron chi connectivity index (χ0n) is 13.9. The molecule has 1 heterocycles. The number of hydrogen-bond donors (Lipinski definition) is 2. The highest BCUT2D eigenvalue weighted by atomic mass is 35.5. The third kappa shape index (κ3) is 4.07. The number of nitrogens with zero attached hydrogens (tertiary/aromatic N) is 2. The van der Waals surface area contributed by atoms with Gasteiger partial charge in [-0.15, -0.1) is 12.4 Å². The normalized spacial score (nSPS) is 14.6. The van der Waals surface area contributed by atoms with Gasteiger partial charge in [-0.2, -0.15) is 5.10 Å². The second-order valence-corrected chi connectivity index (χ2v) is 6.03. The summed E-state index contributed by atoms with van der Waals surface area (Å²) in [6.45, 7) is 2.49. The smallest absolute Gasteiger partial charge is 0.271 e. The van der Waals surface area contributed by atoms with Crippen LogP contribution in [0.2, 0.25) is 0 Å². The van der Waals surface area contributed by atoms with E-state index >= 15 is 0 Å². The molecule has 7 heteroatoms. The van der Waals surface area contributed by atoms with Gasteiger partial charge >= 0.3 is 0 Å². The lowest BCUT2D eigenvalue weighted by Crippen LogP contribution is -2.38. The molecule has 1 atom stereocenters. The van der Waals surface area contributed by atoms with Crippen LogP contribution in [-0.4, -0.2) is 35.4 Å². The second kappa shape index (κ2) is 7.68. The molecule has 0 aliphatic heterocycles. The number of nitrogens with two attached hydrogens (primary N) is 1. The number of aryl methyl sites for hydroxylation is 1. The third-order valence-corrected chi connectivity index (χ3v) is 4.13. The monoisotopic (exact) mass is 350 g/mol. The van der Waals surface area contributed by atoms with Crippen LogP contribution >= 0.6 is 12.4 Å². The summed E-state index contributed by atoms with van der Waals surface area (Å²) in [5.41, 5.74) is 8.27. The van der Waals surface area contributed by atoms with Gasteiger partial charge in [0.15, 0.2) is 5.69 Å². The molecule has 24 heavy (non-hydrogen) atoms. The van der Waals surface area contributed by atoms with Gasteiger partial charge < -0.3 is 15.8 Å². The number of ether oxygens (including phenoxy) is 1. The van der Waals surface area contributed by atoms with E-state index in [0.29, 0.717) is 23.9 Å². The second-order valence-electron chi connectivity index (χ2n) is 6.03. The molecule has 0 radical (unpaired) electrons. The van der Waals surface area contributed by atoms with Crippen LogP contribution in [0.4, 0.5) is 0 Å². The first-order valence-corrected chi connectivity index (χ1v) is 7.83. The summed E-state index contributed by atoms with van der Waals surface area (Å²) in [5, 5.41) is 7.21. The van der Waals surface area contributed by atoms with Crippen LogP contribution < -0.4 is 15.8 Å². The standard InChI is InChI=1S/C17H22N4O2.ClH/c1-11-3-6-16(23-2)15(9-11)21-8-7-14(20-21)17(22)19-10-13(18)12-4-5-12;/h3,6-9,12-13H,4-5,10,18H2,1-2H3,(H,19,22);1H. The Labute approximate surface area is 147 Å². The Morgan fingerprint density at radius 2 is 2.21 bits per heavy atom. The highest BCUT2D eigenvalue weighted by Crippen LogP contribution is 2.31. The fraction of sp³-hybridized carbons (Fsp3) is 0.412. The van der Waals surface area contributed by atoms with Gasteiger partial charge in [-0.25, -0.2) is 4.68 Å². The molecule has 0 bridgehead atoms. The quantitative estimate of drug-likeness (QED) is 0.835. The van der Waals surface area contributed by atoms with Gasteiger partial charge in [0.2, 0.25) is 0 Å². The maximum Gasteiger partial charge on any atom is 0.271 e. The molecule has 2 aromatic rings. The van der Waals surface area contributed by atoms with E-state index < -0.39 is 0 Å². The Hall–Kier alpha value is -2.05. The van der Waals surface area contributed by atoms with Gasteiger partial charge in [0.1, 0.15) is 11.4 Å². The molecule has 0 spiro atoms. The summed E-state index contributed by atoms with van der Waals surface area (Å²) < 4.78 is 7.01. The lowest BCUT2D eigenvalue weighted by molar-refractivity contribution is 0.0945. The van der Waals surface area contributed by atoms with E-state index in [9.17, 15) is 4.79 Å². The molecule has 1 fully saturated rings. The molecule has 1 saturated carbocycles. The molecule has 1 aliphatic carbocycles. The van der Waals surface area contributed by atoms with E-state index in [2.05, 4.69) is 10.4 Å². The SMILES string of the molecule is COc1ccc(C)cc1-n1ccc(C(=O)NCC(N)C2CC2)n1.Cl. The molecule has 0 saturated heterocycles. The summed E-state index contributed by atoms with van der Waals surface area (Å²) in [6.07, 6.45) is 4.09. The Morgan fingerprint density at radius 1 is 1.46 bits per heavy atom. The zero-order valence-corrected chi connectivity index (χ0v) is 14.7. The van der Waals surface area contributed by atoms with E-state index in [-0.39, 0.29) is 24.4 Å². The number of methoxy groups -OCH3 is 1. The van der Waals surface area contributed by atoms with Crippen molar-refractivity contribution in [2.75, 3.05) is 13.7 Å². The van der Waals surface area contributed by atoms with Crippen LogP contribution in [0.25, 0.3) is 5.69 Å². The molecule has 3 N–H and O–H groups in total. The minimum Gasteiger partial charge on any atom is -0.494 e. The molecule has 1 unspecified atom stereocenters. The maximum absolute atomic E-state index is 12.2. The number of nitrogens with one attached hydrogen (secondary N) is 1. The lowest BCUT2D eigenvalue weighted by atomic mass is 10.2. The lowest BCUT2D eigenvalue weighted by Gasteiger charge is -2.11. The van der Waals surface area contributed by atoms with Crippen molar-refractivity contribution in [1.82, 2.24) is 15.1 Å². The minimum atomic E-state index is -0.202. The van der Waals surface area contributed by atoms with Gasteiger partial charge in [-0.3, -0.25) is 4.79 Å². The number of hydrogen-bond acceptors (Lipinski definition) is 4. The van der Waals surface area contributed by atoms with E-state index in [4.69, 9.17) is 10.5 Å². The van der Waals surface area contributed by atoms with Crippen molar-refractivity contribution in [2.45, 2.75) is 25.8 Å². The average Bonchev–Trinajstić information content (AvgIpc) is 3.29. The van der Waals surface area contributed by atoms with E-state index in [0.717, 1.165) is 11.3 Å². The molecule has 1 aromatic heterocycles. The van der Waals surface area contributed by atoms with Crippen LogP contribution in [0.5, 0.6) is 5.75 Å². The van der Waals surface area contributed by atoms with Crippen molar-refractivity contribution in [3.8, 4) is 11.4 Å². The van der Waals surface area contributed by atoms with E-state index in [1.165, 1.54) is 12.8 Å². The maximum atomic E-state index is 12.2. The van der Waals surface area contributed by atoms with Crippen molar-refractivity contribution in [3.05, 3.63) is 41.7 Å². The first-order valence-electron chi connectivity index (χ1n) is 7.83. The number of aromatic nitrogens is 2. The molecular weight excluding hydrogens is 328 g/mol. The molecule has 1 aromatic carbocycles. The molecule has 6 nitrogen and oxygen atoms in total. The summed E-state index contributed by atoms with van der Waals surface area (Å²) in [5.74, 6) is 1.07. The van der Waals surface area contributed by atoms with Gasteiger partial charge in [-0.1, -0.05) is 6.07 Å². The number of rotatable bonds is 6. The summed E-state index contributed by atoms with van der Waals surface area (Å²) >= 11 is 0. The number of amides is 1. The molecule has 130 valence electrons. The van der Waals surface area contributed by atoms with Crippen LogP contribution in [0.15, 0.2) is 30.5 Å². The molecule has 1 amide bonds. The summed E-state index contributed by atoms with van der Waals surface area (Å²) in [6, 6.07) is 7.56. The number of carbonyl (C=O) groups is 1. The molecular formula is C17H23ClN4O2. The van der Waals surface area contributed by atoms with Crippen molar-refractivity contribution >= 4 is 18.3 Å². The Bertz CT molecular complexity index is 712. The Morgan fingerprint density at radius 3 is 2.88 bits per heavy atom. The van der Waals surface area contributed by atoms with Crippen LogP contribution in [0, 0.1) is 12.8 Å². The fourth-order valence-electron chi connectivity index (χ4n) is 2.55. The van der Waals surface area contributed by atoms with Crippen molar-refractivity contribution < 1.29 is 9.53 Å². The van der Waals surface area contributed by atoms with Gasteiger partial charge in [0.05, 0.1) is 7.11 Å². The fourth-order valence-corrected chi connectivity index (χ4v) is 2.55. The number of benzene rings is 1. The van der Waals surface area contributed by atoms with E-state index in [1.54, 1.807) is 24.1 Å². The van der Waals surface area contributed by atoms with Gasteiger partial charge in [-0.05, 0) is 49.4 Å². The first kappa shape index (κ1) is 18.3. The van der Waals surface area contributed by atoms with Gasteiger partial charge in [0, 0.05) is 18.8 Å². The number of carbonyl (C=O) groups excluding carboxylic acids is 1. The highest BCUT2D eigenvalue weighted by molar-refractivity contribution is 5.92. The van der Waals surface area contributed by atoms with Gasteiger partial charge in [0.25, 0.3) is 5.91 Å². The summed E-state index contributed by atoms with van der Waals surface area (Å²) in [4.78, 5) is 12.2. The average molecular weight is 351 g/mol. The topological polar surface area (TPSA) is 82.2 Å². The van der Waals surface area contributed by atoms with Crippen LogP contribution in [-0.2, 0) is 0 Å². The van der Waals surface area contributed by atoms with Crippen molar-refractivity contribution in [2.24, 2.45) is 11.7 Å². The summed E-state index contributed by atoms with van der Waals surface area (Å²) in [7, 11) is 1.62. The third-order valence-electron chi connectivity index (χ3n) is 4.13. The predicted molar refractivity (Wildman–Crippen MR) is 95.1 cm³/mol. The molecule has 1 aliphatic rings. The minimum absolute atomic E-state index is 0. The predicted octanol–water partition coefficient (Wildman–Crippen LogP) is 2.08. The van der Waals surface area contributed by atoms with Crippen molar-refractivity contribution in [1.29, 1.82) is 0 Å². The first-order chi connectivity index (χ1) is 11.1. The van der Waals surface area contributed by atoms with Crippen molar-refractivity contribution in [3.63, 3.8) is 0 Å². The van der Waals surface area contributed by atoms with Crippen LogP contribution in [0.1, 0.15) is 28.9 Å². The largest absolute Gasteiger partial charge is 0.494 e. The Balaban J connectivity index is 0.00000208. The highest BCUT2D eigenvalue weighted by Gasteiger charge is 2.28. The van der Waals surface area contributed by atoms with E-state index in [1.807, 2.05) is 25.1 Å². The Kier molecular flexibility index (Phi) is 5.85. The molecule has 3 rings (SSSR count). The number of halogens is 1. The zero-order chi connectivity index (χ0) is 16.4.